The van der Waals surface area contributed by atoms with Crippen LogP contribution < -0.4 is 4.74 Å². The molecule has 110 valence electrons. The summed E-state index contributed by atoms with van der Waals surface area (Å²) < 4.78 is 5.62. The molecule has 0 saturated heterocycles. The summed E-state index contributed by atoms with van der Waals surface area (Å²) in [7, 11) is 0. The van der Waals surface area contributed by atoms with Crippen molar-refractivity contribution in [2.75, 3.05) is 13.2 Å². The van der Waals surface area contributed by atoms with E-state index in [2.05, 4.69) is 20.8 Å². The maximum Gasteiger partial charge on any atom is 0.260 e. The van der Waals surface area contributed by atoms with Crippen LogP contribution in [0, 0.1) is 5.92 Å². The van der Waals surface area contributed by atoms with Crippen molar-refractivity contribution in [3.63, 3.8) is 0 Å². The lowest BCUT2D eigenvalue weighted by molar-refractivity contribution is -0.134. The minimum Gasteiger partial charge on any atom is -0.484 e. The molecule has 1 aromatic carbocycles. The lowest BCUT2D eigenvalue weighted by atomic mass is 10.2. The molecule has 1 saturated carbocycles. The quantitative estimate of drug-likeness (QED) is 0.764. The molecule has 20 heavy (non-hydrogen) atoms. The van der Waals surface area contributed by atoms with Gasteiger partial charge in [0.2, 0.25) is 0 Å². The normalized spacial score (nSPS) is 14.4. The van der Waals surface area contributed by atoms with E-state index in [9.17, 15) is 4.79 Å². The van der Waals surface area contributed by atoms with Gasteiger partial charge in [0.1, 0.15) is 5.75 Å². The molecule has 0 spiro atoms. The van der Waals surface area contributed by atoms with E-state index in [0.29, 0.717) is 12.0 Å². The predicted molar refractivity (Wildman–Crippen MR) is 80.9 cm³/mol. The van der Waals surface area contributed by atoms with Crippen molar-refractivity contribution in [3.05, 3.63) is 29.8 Å². The van der Waals surface area contributed by atoms with E-state index in [1.807, 2.05) is 29.2 Å². The molecular weight excluding hydrogens is 250 g/mol. The molecule has 0 heterocycles. The van der Waals surface area contributed by atoms with E-state index in [-0.39, 0.29) is 12.5 Å². The number of hydrogen-bond acceptors (Lipinski definition) is 2. The molecule has 1 aliphatic rings. The van der Waals surface area contributed by atoms with Gasteiger partial charge in [-0.1, -0.05) is 32.9 Å². The molecule has 1 fully saturated rings. The van der Waals surface area contributed by atoms with Crippen LogP contribution in [0.3, 0.4) is 0 Å². The Morgan fingerprint density at radius 3 is 2.45 bits per heavy atom. The van der Waals surface area contributed by atoms with Gasteiger partial charge in [-0.2, -0.15) is 0 Å². The van der Waals surface area contributed by atoms with Crippen LogP contribution in [0.4, 0.5) is 0 Å². The Kier molecular flexibility index (Phi) is 5.05. The first-order valence-electron chi connectivity index (χ1n) is 7.61. The molecule has 0 unspecified atom stereocenters. The molecule has 0 radical (unpaired) electrons. The van der Waals surface area contributed by atoms with Gasteiger partial charge in [-0.15, -0.1) is 0 Å². The number of amides is 1. The van der Waals surface area contributed by atoms with E-state index < -0.39 is 0 Å². The van der Waals surface area contributed by atoms with Crippen LogP contribution in [-0.4, -0.2) is 30.0 Å². The first-order chi connectivity index (χ1) is 9.60. The molecule has 0 atom stereocenters. The second-order valence-electron chi connectivity index (χ2n) is 5.96. The highest BCUT2D eigenvalue weighted by atomic mass is 16.5. The van der Waals surface area contributed by atoms with Crippen LogP contribution in [0.2, 0.25) is 0 Å². The first-order valence-corrected chi connectivity index (χ1v) is 7.61. The average molecular weight is 275 g/mol. The second kappa shape index (κ2) is 6.78. The van der Waals surface area contributed by atoms with Gasteiger partial charge < -0.3 is 9.64 Å². The summed E-state index contributed by atoms with van der Waals surface area (Å²) in [6, 6.07) is 8.43. The molecule has 3 nitrogen and oxygen atoms in total. The Morgan fingerprint density at radius 2 is 1.95 bits per heavy atom. The van der Waals surface area contributed by atoms with Gasteiger partial charge in [0.05, 0.1) is 0 Å². The summed E-state index contributed by atoms with van der Waals surface area (Å²) in [6.07, 6.45) is 3.30. The monoisotopic (exact) mass is 275 g/mol. The fourth-order valence-corrected chi connectivity index (χ4v) is 2.28. The number of aryl methyl sites for hydroxylation is 1. The Balaban J connectivity index is 1.86. The van der Waals surface area contributed by atoms with Crippen molar-refractivity contribution in [3.8, 4) is 5.75 Å². The third kappa shape index (κ3) is 4.26. The van der Waals surface area contributed by atoms with Gasteiger partial charge >= 0.3 is 0 Å². The van der Waals surface area contributed by atoms with Gasteiger partial charge in [-0.05, 0) is 42.9 Å². The Labute approximate surface area is 121 Å². The van der Waals surface area contributed by atoms with Crippen molar-refractivity contribution < 1.29 is 9.53 Å². The van der Waals surface area contributed by atoms with Crippen LogP contribution in [0.5, 0.6) is 5.75 Å². The van der Waals surface area contributed by atoms with Crippen LogP contribution in [0.1, 0.15) is 39.2 Å². The standard InChI is InChI=1S/C17H25NO2/c1-4-14-5-9-16(10-6-14)20-12-17(19)18(11-13(2)3)15-7-8-15/h5-6,9-10,13,15H,4,7-8,11-12H2,1-3H3. The highest BCUT2D eigenvalue weighted by Gasteiger charge is 2.32. The summed E-state index contributed by atoms with van der Waals surface area (Å²) in [6.45, 7) is 7.40. The van der Waals surface area contributed by atoms with Gasteiger partial charge in [-0.3, -0.25) is 4.79 Å². The van der Waals surface area contributed by atoms with Crippen molar-refractivity contribution in [1.82, 2.24) is 4.90 Å². The van der Waals surface area contributed by atoms with Crippen LogP contribution in [0.25, 0.3) is 0 Å². The SMILES string of the molecule is CCc1ccc(OCC(=O)N(CC(C)C)C2CC2)cc1. The van der Waals surface area contributed by atoms with Gasteiger partial charge in [0.15, 0.2) is 6.61 Å². The largest absolute Gasteiger partial charge is 0.484 e. The highest BCUT2D eigenvalue weighted by molar-refractivity contribution is 5.78. The third-order valence-corrected chi connectivity index (χ3v) is 3.56. The summed E-state index contributed by atoms with van der Waals surface area (Å²) in [5.74, 6) is 1.39. The Morgan fingerprint density at radius 1 is 1.30 bits per heavy atom. The first kappa shape index (κ1) is 14.9. The Hall–Kier alpha value is -1.51. The average Bonchev–Trinajstić information content (AvgIpc) is 3.27. The van der Waals surface area contributed by atoms with E-state index in [0.717, 1.165) is 31.6 Å². The van der Waals surface area contributed by atoms with Crippen molar-refractivity contribution in [2.24, 2.45) is 5.92 Å². The van der Waals surface area contributed by atoms with E-state index in [1.165, 1.54) is 5.56 Å². The highest BCUT2D eigenvalue weighted by Crippen LogP contribution is 2.27. The maximum absolute atomic E-state index is 12.3. The number of ether oxygens (including phenoxy) is 1. The number of rotatable bonds is 7. The fourth-order valence-electron chi connectivity index (χ4n) is 2.28. The summed E-state index contributed by atoms with van der Waals surface area (Å²) in [5, 5.41) is 0. The van der Waals surface area contributed by atoms with E-state index in [1.54, 1.807) is 0 Å². The number of carbonyl (C=O) groups excluding carboxylic acids is 1. The fraction of sp³-hybridized carbons (Fsp3) is 0.588. The zero-order chi connectivity index (χ0) is 14.5. The maximum atomic E-state index is 12.3. The van der Waals surface area contributed by atoms with Crippen LogP contribution >= 0.6 is 0 Å². The van der Waals surface area contributed by atoms with Crippen LogP contribution in [-0.2, 0) is 11.2 Å². The lowest BCUT2D eigenvalue weighted by Gasteiger charge is -2.24. The molecule has 3 heteroatoms. The minimum absolute atomic E-state index is 0.112. The van der Waals surface area contributed by atoms with Crippen molar-refractivity contribution in [1.29, 1.82) is 0 Å². The summed E-state index contributed by atoms with van der Waals surface area (Å²) >= 11 is 0. The predicted octanol–water partition coefficient (Wildman–Crippen LogP) is 3.27. The summed E-state index contributed by atoms with van der Waals surface area (Å²) in [5.41, 5.74) is 1.28. The molecule has 1 aliphatic carbocycles. The van der Waals surface area contributed by atoms with Gasteiger partial charge in [0, 0.05) is 12.6 Å². The molecule has 1 aromatic rings. The Bertz CT molecular complexity index is 435. The van der Waals surface area contributed by atoms with E-state index >= 15 is 0 Å². The summed E-state index contributed by atoms with van der Waals surface area (Å²) in [4.78, 5) is 14.2. The molecule has 0 bridgehead atoms. The molecular formula is C17H25NO2. The van der Waals surface area contributed by atoms with Gasteiger partial charge in [-0.25, -0.2) is 0 Å². The molecule has 0 N–H and O–H groups in total. The second-order valence-corrected chi connectivity index (χ2v) is 5.96. The number of benzene rings is 1. The van der Waals surface area contributed by atoms with Crippen molar-refractivity contribution >= 4 is 5.91 Å². The number of hydrogen-bond donors (Lipinski definition) is 0. The zero-order valence-electron chi connectivity index (χ0n) is 12.8. The lowest BCUT2D eigenvalue weighted by Crippen LogP contribution is -2.39. The number of nitrogens with zero attached hydrogens (tertiary/aromatic N) is 1. The minimum atomic E-state index is 0.112. The molecule has 1 amide bonds. The van der Waals surface area contributed by atoms with E-state index in [4.69, 9.17) is 4.74 Å². The van der Waals surface area contributed by atoms with Crippen molar-refractivity contribution in [2.45, 2.75) is 46.1 Å². The number of carbonyl (C=O) groups is 1. The molecule has 0 aliphatic heterocycles. The smallest absolute Gasteiger partial charge is 0.260 e. The zero-order valence-corrected chi connectivity index (χ0v) is 12.8. The molecule has 0 aromatic heterocycles. The molecule has 2 rings (SSSR count). The third-order valence-electron chi connectivity index (χ3n) is 3.56. The topological polar surface area (TPSA) is 29.5 Å². The van der Waals surface area contributed by atoms with Crippen LogP contribution in [0.15, 0.2) is 24.3 Å². The van der Waals surface area contributed by atoms with Gasteiger partial charge in [0.25, 0.3) is 5.91 Å².